The Bertz CT molecular complexity index is 530. The summed E-state index contributed by atoms with van der Waals surface area (Å²) < 4.78 is 13.1. The third-order valence-corrected chi connectivity index (χ3v) is 2.74. The van der Waals surface area contributed by atoms with Crippen LogP contribution >= 0.6 is 11.6 Å². The number of benzene rings is 1. The number of nitrogens with one attached hydrogen (secondary N) is 1. The number of nitrogens with zero attached hydrogens (tertiary/aromatic N) is 2. The van der Waals surface area contributed by atoms with Crippen LogP contribution in [0.4, 0.5) is 4.39 Å². The fourth-order valence-electron chi connectivity index (χ4n) is 1.40. The molecule has 0 aliphatic heterocycles. The lowest BCUT2D eigenvalue weighted by Gasteiger charge is -2.10. The average Bonchev–Trinajstić information content (AvgIpc) is 2.27. The van der Waals surface area contributed by atoms with Gasteiger partial charge in [-0.1, -0.05) is 11.6 Å². The Morgan fingerprint density at radius 3 is 2.81 bits per heavy atom. The molecule has 2 aromatic rings. The van der Waals surface area contributed by atoms with Gasteiger partial charge >= 0.3 is 0 Å². The second-order valence-corrected chi connectivity index (χ2v) is 3.90. The van der Waals surface area contributed by atoms with Crippen LogP contribution in [0.15, 0.2) is 18.2 Å². The van der Waals surface area contributed by atoms with Gasteiger partial charge in [0.2, 0.25) is 0 Å². The predicted molar refractivity (Wildman–Crippen MR) is 62.0 cm³/mol. The molecular formula is C11H11ClFN3. The molecule has 0 aliphatic carbocycles. The second-order valence-electron chi connectivity index (χ2n) is 3.54. The summed E-state index contributed by atoms with van der Waals surface area (Å²) in [6, 6.07) is 4.26. The number of hydrogen-bond acceptors (Lipinski definition) is 3. The quantitative estimate of drug-likeness (QED) is 0.819. The van der Waals surface area contributed by atoms with E-state index in [0.29, 0.717) is 21.9 Å². The summed E-state index contributed by atoms with van der Waals surface area (Å²) in [6.07, 6.45) is 0. The van der Waals surface area contributed by atoms with E-state index >= 15 is 0 Å². The van der Waals surface area contributed by atoms with E-state index in [0.717, 1.165) is 0 Å². The molecule has 1 heterocycles. The normalized spacial score (nSPS) is 13.0. The molecule has 5 heteroatoms. The first kappa shape index (κ1) is 11.2. The van der Waals surface area contributed by atoms with Crippen LogP contribution in [0.2, 0.25) is 5.15 Å². The van der Waals surface area contributed by atoms with Gasteiger partial charge in [-0.15, -0.1) is 0 Å². The molecule has 0 saturated carbocycles. The number of halogens is 2. The topological polar surface area (TPSA) is 37.8 Å². The third kappa shape index (κ3) is 1.99. The Morgan fingerprint density at radius 1 is 1.38 bits per heavy atom. The maximum atomic E-state index is 13.1. The molecule has 1 atom stereocenters. The van der Waals surface area contributed by atoms with Gasteiger partial charge in [0, 0.05) is 11.5 Å². The van der Waals surface area contributed by atoms with Gasteiger partial charge in [-0.2, -0.15) is 0 Å². The van der Waals surface area contributed by atoms with E-state index in [1.807, 2.05) is 6.92 Å². The molecule has 16 heavy (non-hydrogen) atoms. The van der Waals surface area contributed by atoms with Crippen molar-refractivity contribution in [3.63, 3.8) is 0 Å². The first-order chi connectivity index (χ1) is 7.61. The summed E-state index contributed by atoms with van der Waals surface area (Å²) in [5, 5.41) is 4.02. The van der Waals surface area contributed by atoms with Gasteiger partial charge in [-0.25, -0.2) is 14.4 Å². The third-order valence-electron chi connectivity index (χ3n) is 2.45. The molecule has 2 rings (SSSR count). The largest absolute Gasteiger partial charge is 0.311 e. The molecule has 1 unspecified atom stereocenters. The molecule has 0 amide bonds. The molecule has 0 fully saturated rings. The maximum Gasteiger partial charge on any atom is 0.147 e. The van der Waals surface area contributed by atoms with Crippen molar-refractivity contribution in [2.24, 2.45) is 0 Å². The minimum Gasteiger partial charge on any atom is -0.311 e. The molecule has 1 aromatic carbocycles. The highest BCUT2D eigenvalue weighted by atomic mass is 35.5. The number of hydrogen-bond donors (Lipinski definition) is 1. The zero-order valence-corrected chi connectivity index (χ0v) is 9.72. The van der Waals surface area contributed by atoms with E-state index in [1.165, 1.54) is 12.1 Å². The van der Waals surface area contributed by atoms with Crippen molar-refractivity contribution < 1.29 is 4.39 Å². The molecule has 0 saturated heterocycles. The summed E-state index contributed by atoms with van der Waals surface area (Å²) in [4.78, 5) is 8.44. The summed E-state index contributed by atoms with van der Waals surface area (Å²) in [5.74, 6) is 0.232. The van der Waals surface area contributed by atoms with Crippen LogP contribution in [0.1, 0.15) is 18.8 Å². The van der Waals surface area contributed by atoms with Crippen LogP contribution in [0, 0.1) is 5.82 Å². The molecule has 0 bridgehead atoms. The summed E-state index contributed by atoms with van der Waals surface area (Å²) in [6.45, 7) is 1.91. The lowest BCUT2D eigenvalue weighted by atomic mass is 10.2. The highest BCUT2D eigenvalue weighted by Crippen LogP contribution is 2.22. The predicted octanol–water partition coefficient (Wildman–Crippen LogP) is 2.70. The summed E-state index contributed by atoms with van der Waals surface area (Å²) in [7, 11) is 1.80. The van der Waals surface area contributed by atoms with E-state index < -0.39 is 0 Å². The van der Waals surface area contributed by atoms with Crippen LogP contribution in [0.25, 0.3) is 10.9 Å². The Kier molecular flexibility index (Phi) is 3.03. The van der Waals surface area contributed by atoms with Crippen LogP contribution in [0.3, 0.4) is 0 Å². The number of aromatic nitrogens is 2. The first-order valence-corrected chi connectivity index (χ1v) is 5.29. The van der Waals surface area contributed by atoms with E-state index in [4.69, 9.17) is 11.6 Å². The maximum absolute atomic E-state index is 13.1. The zero-order chi connectivity index (χ0) is 11.7. The minimum absolute atomic E-state index is 0.0230. The summed E-state index contributed by atoms with van der Waals surface area (Å²) in [5.41, 5.74) is 0.525. The van der Waals surface area contributed by atoms with Gasteiger partial charge in [-0.05, 0) is 26.1 Å². The molecule has 1 aromatic heterocycles. The van der Waals surface area contributed by atoms with Crippen LogP contribution in [0.5, 0.6) is 0 Å². The monoisotopic (exact) mass is 239 g/mol. The van der Waals surface area contributed by atoms with Crippen molar-refractivity contribution in [3.8, 4) is 0 Å². The molecule has 0 spiro atoms. The van der Waals surface area contributed by atoms with E-state index in [1.54, 1.807) is 13.1 Å². The van der Waals surface area contributed by atoms with Crippen LogP contribution in [-0.2, 0) is 0 Å². The Hall–Kier alpha value is -1.26. The number of rotatable bonds is 2. The van der Waals surface area contributed by atoms with Crippen molar-refractivity contribution in [2.45, 2.75) is 13.0 Å². The van der Waals surface area contributed by atoms with Gasteiger partial charge in [0.15, 0.2) is 0 Å². The average molecular weight is 240 g/mol. The van der Waals surface area contributed by atoms with Crippen LogP contribution in [-0.4, -0.2) is 17.0 Å². The lowest BCUT2D eigenvalue weighted by Crippen LogP contribution is -2.15. The molecule has 1 N–H and O–H groups in total. The second kappa shape index (κ2) is 4.31. The molecule has 3 nitrogen and oxygen atoms in total. The fourth-order valence-corrected chi connectivity index (χ4v) is 1.65. The van der Waals surface area contributed by atoms with Crippen LogP contribution < -0.4 is 5.32 Å². The zero-order valence-electron chi connectivity index (χ0n) is 8.96. The highest BCUT2D eigenvalue weighted by Gasteiger charge is 2.11. The first-order valence-electron chi connectivity index (χ1n) is 4.92. The van der Waals surface area contributed by atoms with E-state index in [2.05, 4.69) is 15.3 Å². The van der Waals surface area contributed by atoms with Crippen molar-refractivity contribution in [1.29, 1.82) is 0 Å². The van der Waals surface area contributed by atoms with E-state index in [9.17, 15) is 4.39 Å². The Labute approximate surface area is 97.7 Å². The molecule has 0 aliphatic rings. The van der Waals surface area contributed by atoms with Crippen molar-refractivity contribution in [2.75, 3.05) is 7.05 Å². The molecular weight excluding hydrogens is 229 g/mol. The number of fused-ring (bicyclic) bond motifs is 1. The summed E-state index contributed by atoms with van der Waals surface area (Å²) >= 11 is 6.01. The van der Waals surface area contributed by atoms with Crippen molar-refractivity contribution in [3.05, 3.63) is 35.0 Å². The Balaban J connectivity index is 2.65. The lowest BCUT2D eigenvalue weighted by molar-refractivity contribution is 0.611. The van der Waals surface area contributed by atoms with E-state index in [-0.39, 0.29) is 11.9 Å². The highest BCUT2D eigenvalue weighted by molar-refractivity contribution is 6.34. The minimum atomic E-state index is -0.328. The van der Waals surface area contributed by atoms with Gasteiger partial charge in [0.05, 0.1) is 11.6 Å². The van der Waals surface area contributed by atoms with Gasteiger partial charge in [0.25, 0.3) is 0 Å². The molecule has 84 valence electrons. The standard InChI is InChI=1S/C11H11ClFN3/c1-6(14-2)11-15-9-5-7(13)3-4-8(9)10(12)16-11/h3-6,14H,1-2H3. The SMILES string of the molecule is CNC(C)c1nc(Cl)c2ccc(F)cc2n1. The van der Waals surface area contributed by atoms with Gasteiger partial charge in [0.1, 0.15) is 16.8 Å². The van der Waals surface area contributed by atoms with Gasteiger partial charge < -0.3 is 5.32 Å². The molecule has 0 radical (unpaired) electrons. The van der Waals surface area contributed by atoms with Gasteiger partial charge in [-0.3, -0.25) is 0 Å². The fraction of sp³-hybridized carbons (Fsp3) is 0.273. The Morgan fingerprint density at radius 2 is 2.12 bits per heavy atom. The van der Waals surface area contributed by atoms with Crippen molar-refractivity contribution in [1.82, 2.24) is 15.3 Å². The smallest absolute Gasteiger partial charge is 0.147 e. The van der Waals surface area contributed by atoms with Crippen molar-refractivity contribution >= 4 is 22.5 Å².